The molecule has 4 rings (SSSR count). The van der Waals surface area contributed by atoms with Gasteiger partial charge in [-0.1, -0.05) is 90.8 Å². The molecule has 0 radical (unpaired) electrons. The summed E-state index contributed by atoms with van der Waals surface area (Å²) in [4.78, 5) is 10.9. The predicted molar refractivity (Wildman–Crippen MR) is 135 cm³/mol. The lowest BCUT2D eigenvalue weighted by molar-refractivity contribution is -0.131. The van der Waals surface area contributed by atoms with E-state index in [2.05, 4.69) is 19.1 Å². The van der Waals surface area contributed by atoms with Gasteiger partial charge in [-0.15, -0.1) is 0 Å². The van der Waals surface area contributed by atoms with Gasteiger partial charge in [0.05, 0.1) is 5.03 Å². The molecule has 160 valence electrons. The van der Waals surface area contributed by atoms with Crippen LogP contribution >= 0.6 is 23.2 Å². The second-order valence-electron chi connectivity index (χ2n) is 7.63. The van der Waals surface area contributed by atoms with Crippen molar-refractivity contribution < 1.29 is 9.90 Å². The fourth-order valence-electron chi connectivity index (χ4n) is 4.15. The van der Waals surface area contributed by atoms with E-state index >= 15 is 0 Å². The summed E-state index contributed by atoms with van der Waals surface area (Å²) in [6.07, 6.45) is 4.32. The Kier molecular flexibility index (Phi) is 6.64. The average molecular weight is 461 g/mol. The van der Waals surface area contributed by atoms with Gasteiger partial charge >= 0.3 is 5.97 Å². The first-order chi connectivity index (χ1) is 15.5. The summed E-state index contributed by atoms with van der Waals surface area (Å²) < 4.78 is 0. The van der Waals surface area contributed by atoms with E-state index in [0.29, 0.717) is 5.02 Å². The highest BCUT2D eigenvalue weighted by atomic mass is 35.5. The summed E-state index contributed by atoms with van der Waals surface area (Å²) in [5.41, 5.74) is 8.69. The van der Waals surface area contributed by atoms with Gasteiger partial charge in [-0.05, 0) is 69.2 Å². The van der Waals surface area contributed by atoms with Crippen LogP contribution in [0.25, 0.3) is 22.3 Å². The Bertz CT molecular complexity index is 1250. The average Bonchev–Trinajstić information content (AvgIpc) is 3.13. The van der Waals surface area contributed by atoms with Crippen molar-refractivity contribution in [2.45, 2.75) is 19.8 Å². The monoisotopic (exact) mass is 460 g/mol. The van der Waals surface area contributed by atoms with Crippen LogP contribution in [-0.4, -0.2) is 11.1 Å². The van der Waals surface area contributed by atoms with E-state index in [9.17, 15) is 4.79 Å². The third-order valence-corrected chi connectivity index (χ3v) is 6.34. The van der Waals surface area contributed by atoms with Crippen LogP contribution in [0.5, 0.6) is 0 Å². The largest absolute Gasteiger partial charge is 0.478 e. The standard InChI is InChI=1S/C28H22Cl2O2/c1-2-23(19-12-14-22(29)15-13-19)27(20-10-7-18(8-11-20)9-16-26(31)32)25-17-21-5-3-4-6-24(21)28(25)30/h3-16H,2,17H2,1H3,(H,31,32)/b16-9+,27-23+. The van der Waals surface area contributed by atoms with Crippen molar-refractivity contribution in [1.29, 1.82) is 0 Å². The number of hydrogen-bond acceptors (Lipinski definition) is 1. The van der Waals surface area contributed by atoms with Gasteiger partial charge in [-0.2, -0.15) is 0 Å². The van der Waals surface area contributed by atoms with E-state index in [1.807, 2.05) is 60.7 Å². The van der Waals surface area contributed by atoms with Crippen LogP contribution in [0.15, 0.2) is 84.4 Å². The lowest BCUT2D eigenvalue weighted by atomic mass is 9.87. The van der Waals surface area contributed by atoms with Crippen LogP contribution < -0.4 is 0 Å². The van der Waals surface area contributed by atoms with Crippen molar-refractivity contribution in [2.75, 3.05) is 0 Å². The second kappa shape index (κ2) is 9.60. The maximum absolute atomic E-state index is 10.9. The van der Waals surface area contributed by atoms with E-state index in [1.165, 1.54) is 11.1 Å². The summed E-state index contributed by atoms with van der Waals surface area (Å²) in [6.45, 7) is 2.14. The summed E-state index contributed by atoms with van der Waals surface area (Å²) in [5.74, 6) is -0.966. The third kappa shape index (κ3) is 4.57. The number of aliphatic carboxylic acids is 1. The minimum atomic E-state index is -0.966. The molecule has 0 fully saturated rings. The van der Waals surface area contributed by atoms with Crippen LogP contribution in [0.4, 0.5) is 0 Å². The number of carboxylic acids is 1. The molecule has 0 bridgehead atoms. The van der Waals surface area contributed by atoms with Crippen molar-refractivity contribution in [3.63, 3.8) is 0 Å². The smallest absolute Gasteiger partial charge is 0.328 e. The van der Waals surface area contributed by atoms with E-state index in [1.54, 1.807) is 6.08 Å². The molecule has 2 nitrogen and oxygen atoms in total. The number of benzene rings is 3. The molecule has 4 heteroatoms. The Morgan fingerprint density at radius 1 is 0.938 bits per heavy atom. The van der Waals surface area contributed by atoms with Crippen LogP contribution in [0.3, 0.4) is 0 Å². The number of rotatable bonds is 6. The van der Waals surface area contributed by atoms with Crippen molar-refractivity contribution in [3.8, 4) is 0 Å². The molecule has 0 heterocycles. The lowest BCUT2D eigenvalue weighted by Gasteiger charge is -2.18. The summed E-state index contributed by atoms with van der Waals surface area (Å²) in [6, 6.07) is 24.1. The van der Waals surface area contributed by atoms with Crippen LogP contribution in [0.1, 0.15) is 41.2 Å². The molecule has 1 N–H and O–H groups in total. The third-order valence-electron chi connectivity index (χ3n) is 5.65. The Hall–Kier alpha value is -3.07. The van der Waals surface area contributed by atoms with E-state index < -0.39 is 5.97 Å². The molecule has 3 aromatic carbocycles. The minimum absolute atomic E-state index is 0.700. The van der Waals surface area contributed by atoms with Gasteiger partial charge < -0.3 is 5.11 Å². The van der Waals surface area contributed by atoms with Gasteiger partial charge in [0.1, 0.15) is 0 Å². The molecule has 3 aromatic rings. The molecule has 0 atom stereocenters. The van der Waals surface area contributed by atoms with Gasteiger partial charge in [0.2, 0.25) is 0 Å². The molecule has 0 saturated heterocycles. The van der Waals surface area contributed by atoms with Gasteiger partial charge in [0, 0.05) is 17.5 Å². The number of fused-ring (bicyclic) bond motifs is 1. The number of hydrogen-bond donors (Lipinski definition) is 1. The number of carboxylic acid groups (broad SMARTS) is 1. The van der Waals surface area contributed by atoms with Gasteiger partial charge in [-0.25, -0.2) is 4.79 Å². The summed E-state index contributed by atoms with van der Waals surface area (Å²) in [5, 5.41) is 10.4. The minimum Gasteiger partial charge on any atom is -0.478 e. The summed E-state index contributed by atoms with van der Waals surface area (Å²) >= 11 is 13.1. The first-order valence-electron chi connectivity index (χ1n) is 10.5. The van der Waals surface area contributed by atoms with Gasteiger partial charge in [0.25, 0.3) is 0 Å². The van der Waals surface area contributed by atoms with Crippen molar-refractivity contribution in [1.82, 2.24) is 0 Å². The highest BCUT2D eigenvalue weighted by Crippen LogP contribution is 2.45. The molecule has 0 saturated carbocycles. The fourth-order valence-corrected chi connectivity index (χ4v) is 4.62. The van der Waals surface area contributed by atoms with E-state index in [-0.39, 0.29) is 0 Å². The molecule has 32 heavy (non-hydrogen) atoms. The van der Waals surface area contributed by atoms with Crippen LogP contribution in [-0.2, 0) is 11.2 Å². The molecule has 0 unspecified atom stereocenters. The van der Waals surface area contributed by atoms with Crippen molar-refractivity contribution in [3.05, 3.63) is 117 Å². The van der Waals surface area contributed by atoms with Crippen LogP contribution in [0, 0.1) is 0 Å². The normalized spacial score (nSPS) is 14.0. The molecule has 0 aromatic heterocycles. The topological polar surface area (TPSA) is 37.3 Å². The van der Waals surface area contributed by atoms with E-state index in [0.717, 1.165) is 57.3 Å². The zero-order valence-corrected chi connectivity index (χ0v) is 19.1. The Morgan fingerprint density at radius 2 is 1.59 bits per heavy atom. The van der Waals surface area contributed by atoms with Crippen LogP contribution in [0.2, 0.25) is 5.02 Å². The van der Waals surface area contributed by atoms with E-state index in [4.69, 9.17) is 28.3 Å². The zero-order chi connectivity index (χ0) is 22.7. The highest BCUT2D eigenvalue weighted by Gasteiger charge is 2.25. The second-order valence-corrected chi connectivity index (χ2v) is 8.45. The number of allylic oxidation sites excluding steroid dienone is 3. The molecule has 0 spiro atoms. The van der Waals surface area contributed by atoms with Gasteiger partial charge in [-0.3, -0.25) is 0 Å². The molecule has 1 aliphatic carbocycles. The SMILES string of the molecule is CC/C(=C(\C1=C(Cl)c2ccccc2C1)c1ccc(/C=C/C(=O)O)cc1)c1ccc(Cl)cc1. The zero-order valence-electron chi connectivity index (χ0n) is 17.6. The molecule has 0 amide bonds. The van der Waals surface area contributed by atoms with Crippen molar-refractivity contribution >= 4 is 51.4 Å². The molecular weight excluding hydrogens is 439 g/mol. The molecule has 1 aliphatic rings. The molecule has 0 aliphatic heterocycles. The first-order valence-corrected chi connectivity index (χ1v) is 11.2. The Morgan fingerprint density at radius 3 is 2.22 bits per heavy atom. The van der Waals surface area contributed by atoms with Crippen molar-refractivity contribution in [2.24, 2.45) is 0 Å². The maximum atomic E-state index is 10.9. The number of carbonyl (C=O) groups is 1. The summed E-state index contributed by atoms with van der Waals surface area (Å²) in [7, 11) is 0. The van der Waals surface area contributed by atoms with Gasteiger partial charge in [0.15, 0.2) is 0 Å². The number of halogens is 2. The fraction of sp³-hybridized carbons (Fsp3) is 0.107. The lowest BCUT2D eigenvalue weighted by Crippen LogP contribution is -1.98. The Labute approximate surface area is 198 Å². The molecular formula is C28H22Cl2O2. The first kappa shape index (κ1) is 22.1. The Balaban J connectivity index is 1.89. The predicted octanol–water partition coefficient (Wildman–Crippen LogP) is 7.96. The highest BCUT2D eigenvalue weighted by molar-refractivity contribution is 6.51. The quantitative estimate of drug-likeness (QED) is 0.299. The maximum Gasteiger partial charge on any atom is 0.328 e.